The van der Waals surface area contributed by atoms with Gasteiger partial charge in [0.2, 0.25) is 0 Å². The smallest absolute Gasteiger partial charge is 0.337 e. The molecule has 0 amide bonds. The monoisotopic (exact) mass is 256 g/mol. The quantitative estimate of drug-likeness (QED) is 0.617. The second-order valence-corrected chi connectivity index (χ2v) is 4.00. The van der Waals surface area contributed by atoms with E-state index in [1.807, 2.05) is 18.2 Å². The van der Waals surface area contributed by atoms with Crippen molar-refractivity contribution in [3.63, 3.8) is 0 Å². The molecule has 0 saturated carbocycles. The van der Waals surface area contributed by atoms with E-state index in [0.717, 1.165) is 11.1 Å². The van der Waals surface area contributed by atoms with Crippen molar-refractivity contribution in [3.8, 4) is 0 Å². The van der Waals surface area contributed by atoms with E-state index in [9.17, 15) is 9.18 Å². The predicted octanol–water partition coefficient (Wildman–Crippen LogP) is 3.78. The Balaban J connectivity index is 2.19. The lowest BCUT2D eigenvalue weighted by Gasteiger charge is -2.00. The molecule has 0 radical (unpaired) electrons. The Morgan fingerprint density at radius 3 is 2.42 bits per heavy atom. The van der Waals surface area contributed by atoms with Crippen molar-refractivity contribution >= 4 is 18.1 Å². The van der Waals surface area contributed by atoms with E-state index in [2.05, 4.69) is 4.74 Å². The molecule has 0 aromatic heterocycles. The molecule has 0 saturated heterocycles. The van der Waals surface area contributed by atoms with Crippen molar-refractivity contribution < 1.29 is 13.9 Å². The van der Waals surface area contributed by atoms with Gasteiger partial charge >= 0.3 is 5.97 Å². The third kappa shape index (κ3) is 3.52. The van der Waals surface area contributed by atoms with Crippen molar-refractivity contribution in [2.45, 2.75) is 0 Å². The predicted molar refractivity (Wildman–Crippen MR) is 73.1 cm³/mol. The van der Waals surface area contributed by atoms with Gasteiger partial charge in [-0.1, -0.05) is 36.4 Å². The normalized spacial score (nSPS) is 10.6. The summed E-state index contributed by atoms with van der Waals surface area (Å²) in [5.41, 5.74) is 2.28. The Labute approximate surface area is 111 Å². The largest absolute Gasteiger partial charge is 0.465 e. The van der Waals surface area contributed by atoms with Crippen LogP contribution in [0.4, 0.5) is 4.39 Å². The molecule has 0 spiro atoms. The number of halogens is 1. The van der Waals surface area contributed by atoms with E-state index >= 15 is 0 Å². The molecule has 0 aliphatic heterocycles. The highest BCUT2D eigenvalue weighted by molar-refractivity contribution is 5.90. The number of rotatable bonds is 3. The lowest BCUT2D eigenvalue weighted by Crippen LogP contribution is -2.00. The standard InChI is InChI=1S/C16H13FO2/c1-19-16(18)14-4-2-3-13(11-14)6-5-12-7-9-15(17)10-8-12/h2-11H,1H3/b6-5+. The zero-order valence-corrected chi connectivity index (χ0v) is 10.5. The van der Waals surface area contributed by atoms with Crippen LogP contribution in [0.15, 0.2) is 48.5 Å². The molecule has 0 aliphatic carbocycles. The number of carbonyl (C=O) groups excluding carboxylic acids is 1. The van der Waals surface area contributed by atoms with E-state index in [0.29, 0.717) is 5.56 Å². The van der Waals surface area contributed by atoms with Gasteiger partial charge in [0, 0.05) is 0 Å². The zero-order valence-electron chi connectivity index (χ0n) is 10.5. The summed E-state index contributed by atoms with van der Waals surface area (Å²) >= 11 is 0. The Morgan fingerprint density at radius 1 is 1.05 bits per heavy atom. The van der Waals surface area contributed by atoms with Crippen molar-refractivity contribution in [1.29, 1.82) is 0 Å². The summed E-state index contributed by atoms with van der Waals surface area (Å²) < 4.78 is 17.4. The van der Waals surface area contributed by atoms with Gasteiger partial charge in [0.15, 0.2) is 0 Å². The highest BCUT2D eigenvalue weighted by Gasteiger charge is 2.03. The molecule has 2 aromatic rings. The molecule has 0 heterocycles. The number of methoxy groups -OCH3 is 1. The summed E-state index contributed by atoms with van der Waals surface area (Å²) in [6, 6.07) is 13.3. The molecule has 3 heteroatoms. The summed E-state index contributed by atoms with van der Waals surface area (Å²) in [6.45, 7) is 0. The van der Waals surface area contributed by atoms with Gasteiger partial charge in [-0.3, -0.25) is 0 Å². The highest BCUT2D eigenvalue weighted by Crippen LogP contribution is 2.11. The van der Waals surface area contributed by atoms with Crippen molar-refractivity contribution in [3.05, 3.63) is 71.0 Å². The van der Waals surface area contributed by atoms with Gasteiger partial charge in [-0.2, -0.15) is 0 Å². The SMILES string of the molecule is COC(=O)c1cccc(/C=C/c2ccc(F)cc2)c1. The van der Waals surface area contributed by atoms with Crippen LogP contribution >= 0.6 is 0 Å². The van der Waals surface area contributed by atoms with Crippen molar-refractivity contribution in [2.75, 3.05) is 7.11 Å². The third-order valence-corrected chi connectivity index (χ3v) is 2.65. The third-order valence-electron chi connectivity index (χ3n) is 2.65. The van der Waals surface area contributed by atoms with E-state index in [-0.39, 0.29) is 11.8 Å². The van der Waals surface area contributed by atoms with Crippen LogP contribution in [0.3, 0.4) is 0 Å². The van der Waals surface area contributed by atoms with Crippen LogP contribution in [0, 0.1) is 5.82 Å². The molecular weight excluding hydrogens is 243 g/mol. The highest BCUT2D eigenvalue weighted by atomic mass is 19.1. The van der Waals surface area contributed by atoms with Crippen LogP contribution in [0.25, 0.3) is 12.2 Å². The van der Waals surface area contributed by atoms with Crippen LogP contribution in [-0.2, 0) is 4.74 Å². The number of carbonyl (C=O) groups is 1. The Kier molecular flexibility index (Phi) is 4.08. The van der Waals surface area contributed by atoms with Crippen LogP contribution in [0.5, 0.6) is 0 Å². The Hall–Kier alpha value is -2.42. The van der Waals surface area contributed by atoms with Gasteiger partial charge < -0.3 is 4.74 Å². The van der Waals surface area contributed by atoms with Crippen LogP contribution in [0.2, 0.25) is 0 Å². The van der Waals surface area contributed by atoms with Crippen LogP contribution in [-0.4, -0.2) is 13.1 Å². The molecule has 0 bridgehead atoms. The minimum Gasteiger partial charge on any atom is -0.465 e. The molecule has 2 aromatic carbocycles. The first-order valence-corrected chi connectivity index (χ1v) is 5.81. The van der Waals surface area contributed by atoms with Gasteiger partial charge in [-0.15, -0.1) is 0 Å². The molecule has 0 atom stereocenters. The van der Waals surface area contributed by atoms with Crippen LogP contribution in [0.1, 0.15) is 21.5 Å². The van der Waals surface area contributed by atoms with Gasteiger partial charge in [0.25, 0.3) is 0 Å². The Bertz CT molecular complexity index is 600. The molecule has 0 aliphatic rings. The van der Waals surface area contributed by atoms with Gasteiger partial charge in [0.05, 0.1) is 12.7 Å². The van der Waals surface area contributed by atoms with E-state index < -0.39 is 0 Å². The van der Waals surface area contributed by atoms with E-state index in [1.165, 1.54) is 19.2 Å². The molecule has 0 unspecified atom stereocenters. The fourth-order valence-electron chi connectivity index (χ4n) is 1.65. The van der Waals surface area contributed by atoms with E-state index in [4.69, 9.17) is 0 Å². The Morgan fingerprint density at radius 2 is 1.74 bits per heavy atom. The molecule has 19 heavy (non-hydrogen) atoms. The van der Waals surface area contributed by atoms with Crippen molar-refractivity contribution in [2.24, 2.45) is 0 Å². The lowest BCUT2D eigenvalue weighted by molar-refractivity contribution is 0.0600. The molecule has 0 fully saturated rings. The fraction of sp³-hybridized carbons (Fsp3) is 0.0625. The topological polar surface area (TPSA) is 26.3 Å². The van der Waals surface area contributed by atoms with Gasteiger partial charge in [-0.25, -0.2) is 9.18 Å². The minimum absolute atomic E-state index is 0.259. The number of benzene rings is 2. The number of hydrogen-bond acceptors (Lipinski definition) is 2. The summed E-state index contributed by atoms with van der Waals surface area (Å²) in [5.74, 6) is -0.623. The van der Waals surface area contributed by atoms with Gasteiger partial charge in [0.1, 0.15) is 5.82 Å². The van der Waals surface area contributed by atoms with Gasteiger partial charge in [-0.05, 0) is 35.4 Å². The first-order chi connectivity index (χ1) is 9.19. The van der Waals surface area contributed by atoms with Crippen LogP contribution < -0.4 is 0 Å². The summed E-state index contributed by atoms with van der Waals surface area (Å²) in [6.07, 6.45) is 3.72. The molecule has 2 rings (SSSR count). The first-order valence-electron chi connectivity index (χ1n) is 5.81. The second-order valence-electron chi connectivity index (χ2n) is 4.00. The lowest BCUT2D eigenvalue weighted by atomic mass is 10.1. The maximum Gasteiger partial charge on any atom is 0.337 e. The zero-order chi connectivity index (χ0) is 13.7. The fourth-order valence-corrected chi connectivity index (χ4v) is 1.65. The second kappa shape index (κ2) is 5.96. The number of esters is 1. The van der Waals surface area contributed by atoms with E-state index in [1.54, 1.807) is 30.3 Å². The minimum atomic E-state index is -0.364. The number of hydrogen-bond donors (Lipinski definition) is 0. The molecular formula is C16H13FO2. The summed E-state index contributed by atoms with van der Waals surface area (Å²) in [7, 11) is 1.35. The summed E-state index contributed by atoms with van der Waals surface area (Å²) in [5, 5.41) is 0. The summed E-state index contributed by atoms with van der Waals surface area (Å²) in [4.78, 5) is 11.4. The average molecular weight is 256 g/mol. The van der Waals surface area contributed by atoms with Crippen molar-refractivity contribution in [1.82, 2.24) is 0 Å². The maximum absolute atomic E-state index is 12.8. The average Bonchev–Trinajstić information content (AvgIpc) is 2.46. The first kappa shape index (κ1) is 13.0. The molecule has 0 N–H and O–H groups in total. The molecule has 96 valence electrons. The number of ether oxygens (including phenoxy) is 1. The maximum atomic E-state index is 12.8. The molecule has 2 nitrogen and oxygen atoms in total.